The minimum atomic E-state index is -0.523. The highest BCUT2D eigenvalue weighted by molar-refractivity contribution is 7.13. The van der Waals surface area contributed by atoms with Gasteiger partial charge in [0.25, 0.3) is 0 Å². The molecule has 0 bridgehead atoms. The Morgan fingerprint density at radius 3 is 2.77 bits per heavy atom. The molecule has 1 saturated heterocycles. The van der Waals surface area contributed by atoms with Gasteiger partial charge in [0.1, 0.15) is 5.60 Å². The minimum Gasteiger partial charge on any atom is -0.444 e. The third kappa shape index (κ3) is 4.69. The van der Waals surface area contributed by atoms with E-state index in [1.165, 1.54) is 11.3 Å². The molecule has 2 amide bonds. The number of ether oxygens (including phenoxy) is 1. The highest BCUT2D eigenvalue weighted by atomic mass is 32.1. The smallest absolute Gasteiger partial charge is 0.410 e. The number of piperidine rings is 1. The van der Waals surface area contributed by atoms with Gasteiger partial charge in [-0.25, -0.2) is 9.78 Å². The predicted octanol–water partition coefficient (Wildman–Crippen LogP) is 3.04. The molecule has 22 heavy (non-hydrogen) atoms. The Labute approximate surface area is 134 Å². The molecule has 1 atom stereocenters. The fourth-order valence-corrected chi connectivity index (χ4v) is 2.99. The first-order chi connectivity index (χ1) is 10.2. The molecular formula is C15H23N3O3S. The Kier molecular flexibility index (Phi) is 5.05. The lowest BCUT2D eigenvalue weighted by atomic mass is 9.97. The van der Waals surface area contributed by atoms with Crippen molar-refractivity contribution in [1.82, 2.24) is 9.88 Å². The maximum absolute atomic E-state index is 12.3. The zero-order valence-corrected chi connectivity index (χ0v) is 14.3. The topological polar surface area (TPSA) is 71.5 Å². The lowest BCUT2D eigenvalue weighted by molar-refractivity contribution is -0.121. The van der Waals surface area contributed by atoms with E-state index in [1.54, 1.807) is 4.90 Å². The number of hydrogen-bond donors (Lipinski definition) is 1. The van der Waals surface area contributed by atoms with E-state index in [4.69, 9.17) is 4.74 Å². The number of carbonyl (C=O) groups is 2. The van der Waals surface area contributed by atoms with Crippen LogP contribution in [0, 0.1) is 12.8 Å². The van der Waals surface area contributed by atoms with Gasteiger partial charge in [-0.05, 0) is 40.5 Å². The van der Waals surface area contributed by atoms with Gasteiger partial charge >= 0.3 is 6.09 Å². The van der Waals surface area contributed by atoms with Crippen LogP contribution in [-0.2, 0) is 9.53 Å². The summed E-state index contributed by atoms with van der Waals surface area (Å²) >= 11 is 1.41. The van der Waals surface area contributed by atoms with Crippen molar-refractivity contribution in [3.63, 3.8) is 0 Å². The maximum atomic E-state index is 12.3. The summed E-state index contributed by atoms with van der Waals surface area (Å²) < 4.78 is 5.37. The van der Waals surface area contributed by atoms with Crippen LogP contribution < -0.4 is 5.32 Å². The molecule has 1 aromatic heterocycles. The van der Waals surface area contributed by atoms with E-state index in [0.717, 1.165) is 18.5 Å². The van der Waals surface area contributed by atoms with Gasteiger partial charge in [0.05, 0.1) is 11.6 Å². The maximum Gasteiger partial charge on any atom is 0.410 e. The SMILES string of the molecule is Cc1csc(NC(=O)C2CCCN(C(=O)OC(C)(C)C)C2)n1. The van der Waals surface area contributed by atoms with Gasteiger partial charge in [0.2, 0.25) is 5.91 Å². The van der Waals surface area contributed by atoms with Gasteiger partial charge < -0.3 is 15.0 Å². The average Bonchev–Trinajstić information content (AvgIpc) is 2.82. The normalized spacial score (nSPS) is 18.9. The third-order valence-corrected chi connectivity index (χ3v) is 4.17. The first-order valence-electron chi connectivity index (χ1n) is 7.45. The largest absolute Gasteiger partial charge is 0.444 e. The number of aryl methyl sites for hydroxylation is 1. The molecule has 1 aromatic rings. The van der Waals surface area contributed by atoms with Crippen molar-refractivity contribution < 1.29 is 14.3 Å². The molecule has 122 valence electrons. The Bertz CT molecular complexity index is 550. The zero-order chi connectivity index (χ0) is 16.3. The number of nitrogens with one attached hydrogen (secondary N) is 1. The predicted molar refractivity (Wildman–Crippen MR) is 86.0 cm³/mol. The van der Waals surface area contributed by atoms with Crippen molar-refractivity contribution in [2.75, 3.05) is 18.4 Å². The van der Waals surface area contributed by atoms with Crippen molar-refractivity contribution in [1.29, 1.82) is 0 Å². The number of amides is 2. The van der Waals surface area contributed by atoms with Crippen LogP contribution in [0.3, 0.4) is 0 Å². The molecule has 0 radical (unpaired) electrons. The van der Waals surface area contributed by atoms with Crippen molar-refractivity contribution >= 4 is 28.5 Å². The number of aromatic nitrogens is 1. The van der Waals surface area contributed by atoms with Gasteiger partial charge in [-0.3, -0.25) is 4.79 Å². The Balaban J connectivity index is 1.92. The average molecular weight is 325 g/mol. The second-order valence-electron chi connectivity index (χ2n) is 6.55. The summed E-state index contributed by atoms with van der Waals surface area (Å²) in [6.45, 7) is 8.43. The molecule has 2 heterocycles. The molecule has 1 N–H and O–H groups in total. The lowest BCUT2D eigenvalue weighted by Gasteiger charge is -2.33. The number of carbonyl (C=O) groups excluding carboxylic acids is 2. The van der Waals surface area contributed by atoms with Crippen molar-refractivity contribution in [2.24, 2.45) is 5.92 Å². The second-order valence-corrected chi connectivity index (χ2v) is 7.41. The van der Waals surface area contributed by atoms with Crippen LogP contribution in [0.5, 0.6) is 0 Å². The molecule has 0 spiro atoms. The van der Waals surface area contributed by atoms with Gasteiger partial charge in [-0.2, -0.15) is 0 Å². The number of thiazole rings is 1. The number of nitrogens with zero attached hydrogens (tertiary/aromatic N) is 2. The summed E-state index contributed by atoms with van der Waals surface area (Å²) in [6, 6.07) is 0. The van der Waals surface area contributed by atoms with Crippen LogP contribution in [0.2, 0.25) is 0 Å². The summed E-state index contributed by atoms with van der Waals surface area (Å²) in [5.41, 5.74) is 0.365. The molecule has 0 aliphatic carbocycles. The van der Waals surface area contributed by atoms with E-state index in [2.05, 4.69) is 10.3 Å². The summed E-state index contributed by atoms with van der Waals surface area (Å²) in [6.07, 6.45) is 1.22. The molecule has 1 unspecified atom stereocenters. The Hall–Kier alpha value is -1.63. The number of rotatable bonds is 2. The van der Waals surface area contributed by atoms with E-state index in [0.29, 0.717) is 18.2 Å². The molecule has 1 aliphatic heterocycles. The van der Waals surface area contributed by atoms with Crippen LogP contribution >= 0.6 is 11.3 Å². The number of anilines is 1. The molecule has 2 rings (SSSR count). The van der Waals surface area contributed by atoms with Gasteiger partial charge in [-0.15, -0.1) is 11.3 Å². The van der Waals surface area contributed by atoms with E-state index >= 15 is 0 Å². The van der Waals surface area contributed by atoms with Crippen LogP contribution in [0.4, 0.5) is 9.93 Å². The summed E-state index contributed by atoms with van der Waals surface area (Å²) in [5.74, 6) is -0.298. The monoisotopic (exact) mass is 325 g/mol. The van der Waals surface area contributed by atoms with Crippen LogP contribution in [0.25, 0.3) is 0 Å². The van der Waals surface area contributed by atoms with E-state index in [9.17, 15) is 9.59 Å². The first-order valence-corrected chi connectivity index (χ1v) is 8.33. The molecule has 0 saturated carbocycles. The molecule has 0 aromatic carbocycles. The van der Waals surface area contributed by atoms with Crippen molar-refractivity contribution in [2.45, 2.75) is 46.1 Å². The van der Waals surface area contributed by atoms with E-state index in [-0.39, 0.29) is 17.9 Å². The Morgan fingerprint density at radius 1 is 1.45 bits per heavy atom. The van der Waals surface area contributed by atoms with Crippen molar-refractivity contribution in [3.05, 3.63) is 11.1 Å². The molecule has 1 fully saturated rings. The molecule has 7 heteroatoms. The van der Waals surface area contributed by atoms with Gasteiger partial charge in [0, 0.05) is 18.5 Å². The molecular weight excluding hydrogens is 302 g/mol. The quantitative estimate of drug-likeness (QED) is 0.907. The van der Waals surface area contributed by atoms with Crippen LogP contribution in [0.15, 0.2) is 5.38 Å². The summed E-state index contributed by atoms with van der Waals surface area (Å²) in [4.78, 5) is 30.3. The number of likely N-dealkylation sites (tertiary alicyclic amines) is 1. The van der Waals surface area contributed by atoms with Crippen LogP contribution in [0.1, 0.15) is 39.3 Å². The fourth-order valence-electron chi connectivity index (χ4n) is 2.30. The summed E-state index contributed by atoms with van der Waals surface area (Å²) in [5, 5.41) is 5.33. The number of hydrogen-bond acceptors (Lipinski definition) is 5. The molecule has 1 aliphatic rings. The second kappa shape index (κ2) is 6.64. The fraction of sp³-hybridized carbons (Fsp3) is 0.667. The van der Waals surface area contributed by atoms with Crippen molar-refractivity contribution in [3.8, 4) is 0 Å². The summed E-state index contributed by atoms with van der Waals surface area (Å²) in [7, 11) is 0. The van der Waals surface area contributed by atoms with Gasteiger partial charge in [0.15, 0.2) is 5.13 Å². The zero-order valence-electron chi connectivity index (χ0n) is 13.5. The van der Waals surface area contributed by atoms with E-state index < -0.39 is 5.60 Å². The highest BCUT2D eigenvalue weighted by Gasteiger charge is 2.31. The first kappa shape index (κ1) is 16.7. The Morgan fingerprint density at radius 2 is 2.18 bits per heavy atom. The van der Waals surface area contributed by atoms with E-state index in [1.807, 2.05) is 33.1 Å². The lowest BCUT2D eigenvalue weighted by Crippen LogP contribution is -2.45. The standard InChI is InChI=1S/C15H23N3O3S/c1-10-9-22-13(16-10)17-12(19)11-6-5-7-18(8-11)14(20)21-15(2,3)4/h9,11H,5-8H2,1-4H3,(H,16,17,19). The minimum absolute atomic E-state index is 0.0809. The highest BCUT2D eigenvalue weighted by Crippen LogP contribution is 2.22. The third-order valence-electron chi connectivity index (χ3n) is 3.29. The van der Waals surface area contributed by atoms with Crippen LogP contribution in [-0.4, -0.2) is 40.6 Å². The molecule has 6 nitrogen and oxygen atoms in total. The van der Waals surface area contributed by atoms with Gasteiger partial charge in [-0.1, -0.05) is 0 Å².